The Bertz CT molecular complexity index is 2520. The van der Waals surface area contributed by atoms with Gasteiger partial charge in [-0.15, -0.1) is 0 Å². The van der Waals surface area contributed by atoms with E-state index in [0.717, 1.165) is 103 Å². The van der Waals surface area contributed by atoms with E-state index in [2.05, 4.69) is 63.9 Å². The molecule has 0 radical (unpaired) electrons. The lowest BCUT2D eigenvalue weighted by Crippen LogP contribution is -2.54. The van der Waals surface area contributed by atoms with Crippen LogP contribution in [0, 0.1) is 35.5 Å². The van der Waals surface area contributed by atoms with Crippen LogP contribution in [0.5, 0.6) is 0 Å². The van der Waals surface area contributed by atoms with Crippen LogP contribution in [0.25, 0.3) is 16.8 Å². The molecule has 4 aliphatic carbocycles. The molecule has 322 valence electrons. The maximum absolute atomic E-state index is 14.0. The number of carbonyl (C=O) groups excluding carboxylic acids is 4. The smallest absolute Gasteiger partial charge is 0.407 e. The molecule has 3 N–H and O–H groups in total. The summed E-state index contributed by atoms with van der Waals surface area (Å²) in [5, 5.41) is 5.55. The number of carbonyl (C=O) groups is 4. The number of H-pyrrole nitrogens is 1. The molecule has 2 saturated carbocycles. The molecule has 1 aromatic heterocycles. The first kappa shape index (κ1) is 40.2. The summed E-state index contributed by atoms with van der Waals surface area (Å²) in [6, 6.07) is 11.8. The zero-order valence-electron chi connectivity index (χ0n) is 36.3. The maximum Gasteiger partial charge on any atom is 0.407 e. The fraction of sp³-hybridized carbons (Fsp3) is 0.510. The number of alkyl carbamates (subject to hydrolysis) is 2. The van der Waals surface area contributed by atoms with Gasteiger partial charge in [0.25, 0.3) is 0 Å². The first-order valence-electron chi connectivity index (χ1n) is 22.4. The van der Waals surface area contributed by atoms with Gasteiger partial charge in [0, 0.05) is 52.3 Å². The number of likely N-dealkylation sites (tertiary alicyclic amines) is 2. The first-order chi connectivity index (χ1) is 29.9. The Hall–Kier alpha value is -5.90. The number of ether oxygens (including phenoxy) is 2. The number of benzene rings is 2. The van der Waals surface area contributed by atoms with Crippen LogP contribution < -0.4 is 10.6 Å². The summed E-state index contributed by atoms with van der Waals surface area (Å²) in [6.07, 6.45) is 6.78. The minimum absolute atomic E-state index is 0.0412. The normalized spacial score (nSPS) is 25.6. The summed E-state index contributed by atoms with van der Waals surface area (Å²) in [4.78, 5) is 70.2. The summed E-state index contributed by atoms with van der Waals surface area (Å²) < 4.78 is 9.68. The zero-order valence-corrected chi connectivity index (χ0v) is 36.3. The minimum atomic E-state index is -0.669. The van der Waals surface area contributed by atoms with Gasteiger partial charge in [0.2, 0.25) is 11.8 Å². The van der Waals surface area contributed by atoms with E-state index in [9.17, 15) is 19.2 Å². The van der Waals surface area contributed by atoms with Gasteiger partial charge in [-0.05, 0) is 122 Å². The summed E-state index contributed by atoms with van der Waals surface area (Å²) in [5.41, 5.74) is 12.3. The number of hydrogen-bond acceptors (Lipinski definition) is 8. The van der Waals surface area contributed by atoms with Crippen LogP contribution in [0.4, 0.5) is 9.59 Å². The van der Waals surface area contributed by atoms with Crippen LogP contribution in [-0.2, 0) is 38.3 Å². The number of piperidine rings is 2. The Balaban J connectivity index is 0.823. The van der Waals surface area contributed by atoms with Gasteiger partial charge in [0.15, 0.2) is 0 Å². The number of rotatable bonds is 8. The molecule has 10 rings (SSSR count). The Kier molecular flexibility index (Phi) is 10.0. The predicted octanol–water partition coefficient (Wildman–Crippen LogP) is 6.49. The van der Waals surface area contributed by atoms with Gasteiger partial charge in [0.1, 0.15) is 17.9 Å². The predicted molar refractivity (Wildman–Crippen MR) is 233 cm³/mol. The van der Waals surface area contributed by atoms with E-state index >= 15 is 0 Å². The number of hydrogen-bond donors (Lipinski definition) is 3. The van der Waals surface area contributed by atoms with E-state index in [4.69, 9.17) is 19.5 Å². The fourth-order valence-electron chi connectivity index (χ4n) is 11.0. The average Bonchev–Trinajstić information content (AvgIpc) is 3.91. The van der Waals surface area contributed by atoms with Gasteiger partial charge in [-0.2, -0.15) is 0 Å². The highest BCUT2D eigenvalue weighted by Gasteiger charge is 2.58. The highest BCUT2D eigenvalue weighted by Crippen LogP contribution is 2.54. The molecule has 0 spiro atoms. The van der Waals surface area contributed by atoms with Crippen LogP contribution >= 0.6 is 0 Å². The molecule has 4 fully saturated rings. The standard InChI is InChI=1S/C49H55N7O6/c1-24(2)42(53-48(59)61-5)46(57)55-38-19-30(38)21-40(55)37-23-34-32-13-9-26(17-28(32)11-15-35(34)50-37)7-8-27-10-14-33-29(18-27)12-16-36-44(33)52-45(51-36)41-22-31-20-39(31)56(41)47(58)43(25(3)4)54-49(60)62-6/h9-10,13-14,17-18,24-25,30-31,38-43H,11-12,15-16,19-23H2,1-6H3,(H,51,52)(H,53,59)(H,54,60)/t30-,31-,38-,39-,40+,41+,42+,43+/m1/s1. The number of methoxy groups -OCH3 is 2. The van der Waals surface area contributed by atoms with E-state index in [1.54, 1.807) is 0 Å². The molecule has 13 heteroatoms. The molecule has 2 aromatic carbocycles. The number of imidazole rings is 1. The Morgan fingerprint density at radius 3 is 1.87 bits per heavy atom. The van der Waals surface area contributed by atoms with Gasteiger partial charge in [-0.3, -0.25) is 14.6 Å². The largest absolute Gasteiger partial charge is 0.453 e. The van der Waals surface area contributed by atoms with Crippen molar-refractivity contribution in [1.29, 1.82) is 0 Å². The van der Waals surface area contributed by atoms with E-state index < -0.39 is 24.3 Å². The number of nitrogens with zero attached hydrogens (tertiary/aromatic N) is 4. The molecule has 8 atom stereocenters. The second-order valence-corrected chi connectivity index (χ2v) is 19.0. The maximum atomic E-state index is 14.0. The average molecular weight is 838 g/mol. The Labute approximate surface area is 362 Å². The van der Waals surface area contributed by atoms with Crippen molar-refractivity contribution in [2.45, 2.75) is 122 Å². The van der Waals surface area contributed by atoms with Crippen molar-refractivity contribution in [2.24, 2.45) is 28.7 Å². The molecule has 2 saturated heterocycles. The van der Waals surface area contributed by atoms with Gasteiger partial charge in [0.05, 0.1) is 32.0 Å². The lowest BCUT2D eigenvalue weighted by molar-refractivity contribution is -0.137. The second kappa shape index (κ2) is 15.5. The highest BCUT2D eigenvalue weighted by molar-refractivity contribution is 6.06. The first-order valence-corrected chi connectivity index (χ1v) is 22.4. The van der Waals surface area contributed by atoms with Gasteiger partial charge < -0.3 is 34.9 Å². The van der Waals surface area contributed by atoms with Crippen LogP contribution in [0.2, 0.25) is 0 Å². The third-order valence-corrected chi connectivity index (χ3v) is 14.4. The molecule has 0 unspecified atom stereocenters. The molecule has 62 heavy (non-hydrogen) atoms. The van der Waals surface area contributed by atoms with Crippen molar-refractivity contribution in [3.8, 4) is 23.1 Å². The lowest BCUT2D eigenvalue weighted by atomic mass is 9.86. The number of aromatic nitrogens is 2. The summed E-state index contributed by atoms with van der Waals surface area (Å²) in [6.45, 7) is 7.78. The van der Waals surface area contributed by atoms with Crippen LogP contribution in [0.15, 0.2) is 47.1 Å². The molecule has 3 aromatic rings. The summed E-state index contributed by atoms with van der Waals surface area (Å²) in [5.74, 6) is 8.37. The zero-order chi connectivity index (χ0) is 43.1. The quantitative estimate of drug-likeness (QED) is 0.219. The number of aromatic amines is 1. The molecule has 7 aliphatic rings. The van der Waals surface area contributed by atoms with Gasteiger partial charge >= 0.3 is 12.2 Å². The number of nitrogens with one attached hydrogen (secondary N) is 3. The number of aryl methyl sites for hydroxylation is 3. The number of aliphatic imine (C=N–C) groups is 1. The van der Waals surface area contributed by atoms with Crippen molar-refractivity contribution >= 4 is 35.3 Å². The van der Waals surface area contributed by atoms with Crippen molar-refractivity contribution in [1.82, 2.24) is 30.4 Å². The van der Waals surface area contributed by atoms with Crippen LogP contribution in [-0.4, -0.2) is 93.9 Å². The van der Waals surface area contributed by atoms with Gasteiger partial charge in [-0.1, -0.05) is 51.7 Å². The summed E-state index contributed by atoms with van der Waals surface area (Å²) in [7, 11) is 2.64. The minimum Gasteiger partial charge on any atom is -0.453 e. The molecule has 3 aliphatic heterocycles. The Morgan fingerprint density at radius 1 is 0.726 bits per heavy atom. The van der Waals surface area contributed by atoms with E-state index in [1.807, 2.05) is 37.5 Å². The van der Waals surface area contributed by atoms with Crippen molar-refractivity contribution in [3.63, 3.8) is 0 Å². The van der Waals surface area contributed by atoms with E-state index in [-0.39, 0.29) is 47.8 Å². The van der Waals surface area contributed by atoms with Crippen LogP contribution in [0.1, 0.15) is 112 Å². The van der Waals surface area contributed by atoms with E-state index in [1.165, 1.54) is 36.5 Å². The highest BCUT2D eigenvalue weighted by atomic mass is 16.5. The lowest BCUT2D eigenvalue weighted by Gasteiger charge is -2.33. The van der Waals surface area contributed by atoms with Crippen LogP contribution in [0.3, 0.4) is 0 Å². The molecular weight excluding hydrogens is 783 g/mol. The number of fused-ring (bicyclic) bond motifs is 7. The van der Waals surface area contributed by atoms with Crippen molar-refractivity contribution < 1.29 is 28.7 Å². The molecule has 4 heterocycles. The number of allylic oxidation sites excluding steroid dienone is 2. The molecular formula is C49H55N7O6. The topological polar surface area (TPSA) is 158 Å². The molecule has 0 bridgehead atoms. The molecule has 4 amide bonds. The monoisotopic (exact) mass is 837 g/mol. The van der Waals surface area contributed by atoms with E-state index in [0.29, 0.717) is 11.8 Å². The van der Waals surface area contributed by atoms with Gasteiger partial charge in [-0.25, -0.2) is 14.6 Å². The third kappa shape index (κ3) is 7.05. The second-order valence-electron chi connectivity index (χ2n) is 19.0. The van der Waals surface area contributed by atoms with Crippen molar-refractivity contribution in [2.75, 3.05) is 14.2 Å². The SMILES string of the molecule is COC(=O)N[C@H](C(=O)N1[C@@H]2C[C@@H]2C[C@H]1C1=NC2=C(C1)c1ccc(C#Cc3ccc4c(c3)CCc3[nH]c([C@@H]5C[C@H]6C[C@H]6N5C(=O)[C@@H](NC(=O)OC)C(C)C)nc3-4)cc1CC2)C(C)C. The Morgan fingerprint density at radius 2 is 1.27 bits per heavy atom. The van der Waals surface area contributed by atoms with Crippen molar-refractivity contribution in [3.05, 3.63) is 81.4 Å². The fourth-order valence-corrected chi connectivity index (χ4v) is 11.0. The summed E-state index contributed by atoms with van der Waals surface area (Å²) >= 11 is 0. The molecule has 13 nitrogen and oxygen atoms in total. The number of amides is 4. The third-order valence-electron chi connectivity index (χ3n) is 14.4.